The molecule has 0 aliphatic carbocycles. The van der Waals surface area contributed by atoms with Crippen LogP contribution in [0, 0.1) is 0 Å². The van der Waals surface area contributed by atoms with Crippen molar-refractivity contribution in [1.29, 1.82) is 0 Å². The molecule has 6 nitrogen and oxygen atoms in total. The van der Waals surface area contributed by atoms with Gasteiger partial charge in [-0.3, -0.25) is 9.59 Å². The Bertz CT molecular complexity index is 815. The number of anilines is 2. The highest BCUT2D eigenvalue weighted by molar-refractivity contribution is 5.98. The minimum absolute atomic E-state index is 0.0449. The Kier molecular flexibility index (Phi) is 7.01. The molecule has 3 rings (SSSR count). The molecular weight excluding hydrogens is 366 g/mol. The van der Waals surface area contributed by atoms with E-state index in [4.69, 9.17) is 4.74 Å². The molecule has 1 aliphatic heterocycles. The lowest BCUT2D eigenvalue weighted by atomic mass is 9.91. The van der Waals surface area contributed by atoms with Crippen molar-refractivity contribution in [1.82, 2.24) is 5.32 Å². The zero-order valence-electron chi connectivity index (χ0n) is 17.1. The monoisotopic (exact) mass is 395 g/mol. The molecule has 6 heteroatoms. The minimum Gasteiger partial charge on any atom is -0.368 e. The summed E-state index contributed by atoms with van der Waals surface area (Å²) in [6, 6.07) is 17.1. The number of hydrogen-bond acceptors (Lipinski definition) is 4. The van der Waals surface area contributed by atoms with Crippen LogP contribution in [0.2, 0.25) is 0 Å². The number of ether oxygens (including phenoxy) is 1. The molecule has 1 aliphatic rings. The summed E-state index contributed by atoms with van der Waals surface area (Å²) in [5.74, 6) is -0.0740. The molecule has 0 atom stereocenters. The molecule has 0 aromatic heterocycles. The summed E-state index contributed by atoms with van der Waals surface area (Å²) in [7, 11) is 1.59. The third-order valence-electron chi connectivity index (χ3n) is 5.47. The fourth-order valence-corrected chi connectivity index (χ4v) is 3.69. The number of rotatable bonds is 7. The van der Waals surface area contributed by atoms with E-state index < -0.39 is 5.60 Å². The highest BCUT2D eigenvalue weighted by atomic mass is 16.5. The van der Waals surface area contributed by atoms with Crippen molar-refractivity contribution in [2.75, 3.05) is 37.0 Å². The fraction of sp³-hybridized carbons (Fsp3) is 0.391. The fourth-order valence-electron chi connectivity index (χ4n) is 3.69. The van der Waals surface area contributed by atoms with E-state index in [2.05, 4.69) is 10.6 Å². The molecule has 1 fully saturated rings. The molecule has 1 saturated heterocycles. The quantitative estimate of drug-likeness (QED) is 0.756. The molecule has 2 aromatic carbocycles. The van der Waals surface area contributed by atoms with Crippen LogP contribution in [0.3, 0.4) is 0 Å². The van der Waals surface area contributed by atoms with E-state index in [9.17, 15) is 9.59 Å². The molecule has 0 radical (unpaired) electrons. The number of nitrogens with zero attached hydrogens (tertiary/aromatic N) is 1. The van der Waals surface area contributed by atoms with Crippen LogP contribution < -0.4 is 15.5 Å². The first-order chi connectivity index (χ1) is 14.1. The molecule has 2 N–H and O–H groups in total. The molecule has 0 unspecified atom stereocenters. The van der Waals surface area contributed by atoms with Crippen molar-refractivity contribution in [3.05, 3.63) is 60.2 Å². The number of likely N-dealkylation sites (N-methyl/N-ethyl adjacent to an activating group) is 1. The van der Waals surface area contributed by atoms with Gasteiger partial charge in [0.2, 0.25) is 5.91 Å². The van der Waals surface area contributed by atoms with Gasteiger partial charge in [0.15, 0.2) is 0 Å². The summed E-state index contributed by atoms with van der Waals surface area (Å²) >= 11 is 0. The Balaban J connectivity index is 1.62. The maximum Gasteiger partial charge on any atom is 0.256 e. The Hall–Kier alpha value is -2.70. The first-order valence-corrected chi connectivity index (χ1v) is 10.1. The summed E-state index contributed by atoms with van der Waals surface area (Å²) in [5, 5.41) is 6.20. The second-order valence-corrected chi connectivity index (χ2v) is 7.25. The van der Waals surface area contributed by atoms with Crippen molar-refractivity contribution in [2.45, 2.75) is 31.8 Å². The number of hydrogen-bond donors (Lipinski definition) is 2. The maximum atomic E-state index is 12.7. The van der Waals surface area contributed by atoms with E-state index in [0.717, 1.165) is 24.3 Å². The molecular formula is C23H29N3O3. The number of nitrogens with one attached hydrogen (secondary N) is 2. The summed E-state index contributed by atoms with van der Waals surface area (Å²) < 4.78 is 5.57. The highest BCUT2D eigenvalue weighted by Crippen LogP contribution is 2.25. The van der Waals surface area contributed by atoms with E-state index in [-0.39, 0.29) is 11.8 Å². The van der Waals surface area contributed by atoms with Gasteiger partial charge in [0, 0.05) is 25.0 Å². The van der Waals surface area contributed by atoms with Crippen LogP contribution in [0.5, 0.6) is 0 Å². The van der Waals surface area contributed by atoms with Gasteiger partial charge in [0.05, 0.1) is 6.42 Å². The maximum absolute atomic E-state index is 12.7. The van der Waals surface area contributed by atoms with Crippen LogP contribution >= 0.6 is 0 Å². The SMILES string of the molecule is CCN(C(=O)Cc1ccc(NC(=O)C2(OC)CCNCC2)cc1)c1ccccc1. The van der Waals surface area contributed by atoms with Crippen molar-refractivity contribution in [3.8, 4) is 0 Å². The number of carbonyl (C=O) groups is 2. The zero-order valence-corrected chi connectivity index (χ0v) is 17.1. The molecule has 0 spiro atoms. The normalized spacial score (nSPS) is 15.5. The van der Waals surface area contributed by atoms with Crippen LogP contribution in [0.4, 0.5) is 11.4 Å². The van der Waals surface area contributed by atoms with Crippen molar-refractivity contribution in [3.63, 3.8) is 0 Å². The molecule has 0 bridgehead atoms. The molecule has 154 valence electrons. The van der Waals surface area contributed by atoms with E-state index in [1.807, 2.05) is 61.5 Å². The van der Waals surface area contributed by atoms with Crippen molar-refractivity contribution in [2.24, 2.45) is 0 Å². The summed E-state index contributed by atoms with van der Waals surface area (Å²) in [6.07, 6.45) is 1.60. The molecule has 2 aromatic rings. The Morgan fingerprint density at radius 1 is 1.07 bits per heavy atom. The van der Waals surface area contributed by atoms with E-state index in [0.29, 0.717) is 31.5 Å². The Morgan fingerprint density at radius 2 is 1.72 bits per heavy atom. The van der Waals surface area contributed by atoms with Crippen LogP contribution in [0.1, 0.15) is 25.3 Å². The van der Waals surface area contributed by atoms with Crippen LogP contribution in [0.15, 0.2) is 54.6 Å². The molecule has 0 saturated carbocycles. The average Bonchev–Trinajstić information content (AvgIpc) is 2.77. The van der Waals surface area contributed by atoms with E-state index >= 15 is 0 Å². The van der Waals surface area contributed by atoms with Gasteiger partial charge in [-0.1, -0.05) is 30.3 Å². The summed E-state index contributed by atoms with van der Waals surface area (Å²) in [6.45, 7) is 4.11. The smallest absolute Gasteiger partial charge is 0.256 e. The number of amides is 2. The number of para-hydroxylation sites is 1. The third kappa shape index (κ3) is 5.02. The Labute approximate surface area is 172 Å². The predicted octanol–water partition coefficient (Wildman–Crippen LogP) is 2.99. The topological polar surface area (TPSA) is 70.7 Å². The lowest BCUT2D eigenvalue weighted by molar-refractivity contribution is -0.140. The zero-order chi connectivity index (χ0) is 20.7. The number of carbonyl (C=O) groups excluding carboxylic acids is 2. The first-order valence-electron chi connectivity index (χ1n) is 10.1. The van der Waals surface area contributed by atoms with E-state index in [1.165, 1.54) is 0 Å². The average molecular weight is 396 g/mol. The third-order valence-corrected chi connectivity index (χ3v) is 5.47. The van der Waals surface area contributed by atoms with Crippen LogP contribution in [-0.4, -0.2) is 44.2 Å². The first kappa shape index (κ1) is 21.0. The number of piperidine rings is 1. The molecule has 29 heavy (non-hydrogen) atoms. The largest absolute Gasteiger partial charge is 0.368 e. The number of methoxy groups -OCH3 is 1. The second kappa shape index (κ2) is 9.67. The van der Waals surface area contributed by atoms with Crippen molar-refractivity contribution < 1.29 is 14.3 Å². The van der Waals surface area contributed by atoms with Gasteiger partial charge in [0.25, 0.3) is 5.91 Å². The lowest BCUT2D eigenvalue weighted by Gasteiger charge is -2.34. The van der Waals surface area contributed by atoms with Gasteiger partial charge < -0.3 is 20.3 Å². The lowest BCUT2D eigenvalue weighted by Crippen LogP contribution is -2.51. The Morgan fingerprint density at radius 3 is 2.31 bits per heavy atom. The second-order valence-electron chi connectivity index (χ2n) is 7.25. The van der Waals surface area contributed by atoms with Gasteiger partial charge in [-0.25, -0.2) is 0 Å². The summed E-state index contributed by atoms with van der Waals surface area (Å²) in [5.41, 5.74) is 1.73. The highest BCUT2D eigenvalue weighted by Gasteiger charge is 2.39. The van der Waals surface area contributed by atoms with Crippen LogP contribution in [0.25, 0.3) is 0 Å². The van der Waals surface area contributed by atoms with Gasteiger partial charge in [-0.05, 0) is 62.7 Å². The van der Waals surface area contributed by atoms with E-state index in [1.54, 1.807) is 12.0 Å². The minimum atomic E-state index is -0.781. The molecule has 1 heterocycles. The standard InChI is InChI=1S/C23H29N3O3/c1-3-26(20-7-5-4-6-8-20)21(27)17-18-9-11-19(12-10-18)25-22(28)23(29-2)13-15-24-16-14-23/h4-12,24H,3,13-17H2,1-2H3,(H,25,28). The number of benzene rings is 2. The van der Waals surface area contributed by atoms with Crippen molar-refractivity contribution >= 4 is 23.2 Å². The van der Waals surface area contributed by atoms with Crippen LogP contribution in [-0.2, 0) is 20.7 Å². The predicted molar refractivity (Wildman–Crippen MR) is 115 cm³/mol. The van der Waals surface area contributed by atoms with Gasteiger partial charge >= 0.3 is 0 Å². The van der Waals surface area contributed by atoms with Gasteiger partial charge in [0.1, 0.15) is 5.60 Å². The molecule has 2 amide bonds. The van der Waals surface area contributed by atoms with Gasteiger partial charge in [-0.2, -0.15) is 0 Å². The summed E-state index contributed by atoms with van der Waals surface area (Å²) in [4.78, 5) is 27.2. The van der Waals surface area contributed by atoms with Gasteiger partial charge in [-0.15, -0.1) is 0 Å².